The van der Waals surface area contributed by atoms with Crippen molar-refractivity contribution in [2.75, 3.05) is 12.3 Å². The lowest BCUT2D eigenvalue weighted by Gasteiger charge is -2.30. The molecule has 2 heteroatoms. The molecule has 0 nitrogen and oxygen atoms in total. The summed E-state index contributed by atoms with van der Waals surface area (Å²) in [6.45, 7) is 0. The summed E-state index contributed by atoms with van der Waals surface area (Å²) in [6.07, 6.45) is 30.8. The monoisotopic (exact) mass is 654 g/mol. The van der Waals surface area contributed by atoms with E-state index in [1.54, 1.807) is 31.8 Å². The van der Waals surface area contributed by atoms with Crippen LogP contribution in [0.25, 0.3) is 0 Å². The lowest BCUT2D eigenvalue weighted by atomic mass is 10.1. The molecule has 0 heterocycles. The minimum atomic E-state index is -1.63. The Balaban J connectivity index is 1.08. The van der Waals surface area contributed by atoms with Crippen LogP contribution in [0.2, 0.25) is 0 Å². The van der Waals surface area contributed by atoms with E-state index in [9.17, 15) is 0 Å². The summed E-state index contributed by atoms with van der Waals surface area (Å²) in [6, 6.07) is 46.0. The number of hydrogen-bond donors (Lipinski definition) is 0. The molecule has 0 unspecified atom stereocenters. The molecule has 0 bridgehead atoms. The molecular formula is C45H52P2+2. The van der Waals surface area contributed by atoms with Crippen molar-refractivity contribution >= 4 is 35.7 Å². The predicted octanol–water partition coefficient (Wildman–Crippen LogP) is 11.5. The minimum absolute atomic E-state index is 1.17. The molecule has 0 amide bonds. The lowest BCUT2D eigenvalue weighted by Crippen LogP contribution is -2.27. The highest BCUT2D eigenvalue weighted by atomic mass is 31.2. The van der Waals surface area contributed by atoms with Crippen LogP contribution in [0.15, 0.2) is 168 Å². The maximum atomic E-state index is 2.46. The Morgan fingerprint density at radius 3 is 0.936 bits per heavy atom. The Morgan fingerprint density at radius 1 is 0.362 bits per heavy atom. The summed E-state index contributed by atoms with van der Waals surface area (Å²) in [5, 5.41) is 9.59. The summed E-state index contributed by atoms with van der Waals surface area (Å²) < 4.78 is 0. The van der Waals surface area contributed by atoms with Crippen LogP contribution in [0, 0.1) is 0 Å². The molecule has 2 aliphatic rings. The van der Waals surface area contributed by atoms with E-state index in [1.807, 2.05) is 0 Å². The molecule has 0 fully saturated rings. The van der Waals surface area contributed by atoms with E-state index in [0.29, 0.717) is 0 Å². The fourth-order valence-electron chi connectivity index (χ4n) is 7.89. The smallest absolute Gasteiger partial charge is 0.0839 e. The number of hydrogen-bond acceptors (Lipinski definition) is 0. The first-order chi connectivity index (χ1) is 23.3. The van der Waals surface area contributed by atoms with Crippen LogP contribution in [0.4, 0.5) is 0 Å². The molecule has 6 rings (SSSR count). The summed E-state index contributed by atoms with van der Waals surface area (Å²) >= 11 is 0. The van der Waals surface area contributed by atoms with Crippen LogP contribution in [0.3, 0.4) is 0 Å². The van der Waals surface area contributed by atoms with Gasteiger partial charge in [0.1, 0.15) is 35.7 Å². The maximum Gasteiger partial charge on any atom is 0.107 e. The van der Waals surface area contributed by atoms with Crippen molar-refractivity contribution in [1.29, 1.82) is 0 Å². The van der Waals surface area contributed by atoms with E-state index in [0.717, 1.165) is 0 Å². The van der Waals surface area contributed by atoms with Gasteiger partial charge < -0.3 is 0 Å². The van der Waals surface area contributed by atoms with Crippen molar-refractivity contribution in [3.05, 3.63) is 168 Å². The third-order valence-electron chi connectivity index (χ3n) is 10.2. The van der Waals surface area contributed by atoms with Crippen LogP contribution >= 0.6 is 14.5 Å². The first-order valence-electron chi connectivity index (χ1n) is 18.1. The highest BCUT2D eigenvalue weighted by molar-refractivity contribution is 7.93. The van der Waals surface area contributed by atoms with Crippen LogP contribution in [0.1, 0.15) is 70.6 Å². The van der Waals surface area contributed by atoms with Gasteiger partial charge in [-0.15, -0.1) is 0 Å². The molecule has 0 aromatic heterocycles. The number of rotatable bonds is 16. The zero-order valence-electron chi connectivity index (χ0n) is 28.1. The van der Waals surface area contributed by atoms with E-state index in [2.05, 4.69) is 158 Å². The Bertz CT molecular complexity index is 1430. The zero-order valence-corrected chi connectivity index (χ0v) is 29.9. The Kier molecular flexibility index (Phi) is 12.3. The van der Waals surface area contributed by atoms with E-state index in [-0.39, 0.29) is 0 Å². The largest absolute Gasteiger partial charge is 0.107 e. The SMILES string of the molecule is C1=CCCC([P+](CCCCCCCCC[P+](C2=CC=CCC2)(c2ccccc2)c2ccccc2)(c2ccccc2)c2ccccc2)=C1. The van der Waals surface area contributed by atoms with Crippen molar-refractivity contribution in [2.24, 2.45) is 0 Å². The van der Waals surface area contributed by atoms with Gasteiger partial charge >= 0.3 is 0 Å². The molecule has 4 aromatic rings. The molecule has 0 N–H and O–H groups in total. The highest BCUT2D eigenvalue weighted by Crippen LogP contribution is 2.67. The van der Waals surface area contributed by atoms with Gasteiger partial charge in [-0.05, 0) is 99.2 Å². The third-order valence-corrected chi connectivity index (χ3v) is 19.6. The van der Waals surface area contributed by atoms with Gasteiger partial charge in [0.05, 0.1) is 23.0 Å². The molecule has 0 saturated carbocycles. The van der Waals surface area contributed by atoms with E-state index >= 15 is 0 Å². The molecule has 2 aliphatic carbocycles. The molecule has 47 heavy (non-hydrogen) atoms. The Labute approximate surface area is 286 Å². The molecule has 0 spiro atoms. The second kappa shape index (κ2) is 17.2. The van der Waals surface area contributed by atoms with Crippen molar-refractivity contribution < 1.29 is 0 Å². The normalized spacial score (nSPS) is 14.9. The Morgan fingerprint density at radius 2 is 0.660 bits per heavy atom. The van der Waals surface area contributed by atoms with Crippen LogP contribution in [-0.2, 0) is 0 Å². The fourth-order valence-corrected chi connectivity index (χ4v) is 17.2. The molecule has 0 aliphatic heterocycles. The minimum Gasteiger partial charge on any atom is -0.0839 e. The maximum absolute atomic E-state index is 2.46. The van der Waals surface area contributed by atoms with Gasteiger partial charge in [-0.3, -0.25) is 0 Å². The van der Waals surface area contributed by atoms with Crippen molar-refractivity contribution in [3.63, 3.8) is 0 Å². The molecular weight excluding hydrogens is 602 g/mol. The average Bonchev–Trinajstić information content (AvgIpc) is 3.16. The number of allylic oxidation sites excluding steroid dienone is 8. The van der Waals surface area contributed by atoms with Crippen LogP contribution in [0.5, 0.6) is 0 Å². The van der Waals surface area contributed by atoms with E-state index in [1.165, 1.54) is 83.0 Å². The molecule has 240 valence electrons. The quantitative estimate of drug-likeness (QED) is 0.0833. The fraction of sp³-hybridized carbons (Fsp3) is 0.289. The van der Waals surface area contributed by atoms with Gasteiger partial charge in [0.2, 0.25) is 0 Å². The zero-order chi connectivity index (χ0) is 32.0. The number of unbranched alkanes of at least 4 members (excludes halogenated alkanes) is 6. The van der Waals surface area contributed by atoms with Gasteiger partial charge in [0.15, 0.2) is 0 Å². The number of benzene rings is 4. The van der Waals surface area contributed by atoms with Gasteiger partial charge in [-0.2, -0.15) is 0 Å². The summed E-state index contributed by atoms with van der Waals surface area (Å²) in [5.74, 6) is 0. The van der Waals surface area contributed by atoms with Gasteiger partial charge in [-0.25, -0.2) is 0 Å². The first kappa shape index (κ1) is 33.6. The third kappa shape index (κ3) is 7.89. The van der Waals surface area contributed by atoms with Gasteiger partial charge in [-0.1, -0.05) is 116 Å². The van der Waals surface area contributed by atoms with E-state index in [4.69, 9.17) is 0 Å². The Hall–Kier alpha value is -3.30. The van der Waals surface area contributed by atoms with Crippen molar-refractivity contribution in [3.8, 4) is 0 Å². The van der Waals surface area contributed by atoms with Crippen molar-refractivity contribution in [2.45, 2.75) is 70.6 Å². The standard InChI is InChI=1S/C45H52P2/c1(2-4-24-38-46(40-26-12-6-13-27-40,41-28-14-7-15-29-41)42-30-16-8-17-31-42)3-5-25-39-47(43-32-18-9-19-33-43,44-34-20-10-21-35-44)45-36-22-11-23-37-45/h6-16,18-22,26-30,32-36H,1-5,17,23-25,31,37-39H2/q+2. The first-order valence-corrected chi connectivity index (χ1v) is 22.0. The average molecular weight is 655 g/mol. The molecule has 0 radical (unpaired) electrons. The summed E-state index contributed by atoms with van der Waals surface area (Å²) in [7, 11) is -3.26. The molecule has 0 atom stereocenters. The molecule has 0 saturated heterocycles. The summed E-state index contributed by atoms with van der Waals surface area (Å²) in [4.78, 5) is 0. The van der Waals surface area contributed by atoms with Crippen molar-refractivity contribution in [1.82, 2.24) is 0 Å². The van der Waals surface area contributed by atoms with Crippen LogP contribution in [-0.4, -0.2) is 12.3 Å². The highest BCUT2D eigenvalue weighted by Gasteiger charge is 2.47. The van der Waals surface area contributed by atoms with E-state index < -0.39 is 14.5 Å². The van der Waals surface area contributed by atoms with Crippen LogP contribution < -0.4 is 21.2 Å². The molecule has 4 aromatic carbocycles. The second-order valence-corrected chi connectivity index (χ2v) is 20.5. The second-order valence-electron chi connectivity index (χ2n) is 13.1. The summed E-state index contributed by atoms with van der Waals surface area (Å²) in [5.41, 5.74) is 0. The lowest BCUT2D eigenvalue weighted by molar-refractivity contribution is 0.604. The predicted molar refractivity (Wildman–Crippen MR) is 213 cm³/mol. The van der Waals surface area contributed by atoms with Gasteiger partial charge in [0.25, 0.3) is 0 Å². The van der Waals surface area contributed by atoms with Gasteiger partial charge in [0, 0.05) is 12.8 Å². The topological polar surface area (TPSA) is 0 Å².